The lowest BCUT2D eigenvalue weighted by molar-refractivity contribution is -0.255. The van der Waals surface area contributed by atoms with E-state index in [2.05, 4.69) is 15.6 Å². The van der Waals surface area contributed by atoms with E-state index in [1.54, 1.807) is 13.8 Å². The smallest absolute Gasteiger partial charge is 0.416 e. The number of thiazole rings is 1. The summed E-state index contributed by atoms with van der Waals surface area (Å²) >= 11 is 0.813. The van der Waals surface area contributed by atoms with Gasteiger partial charge in [0.15, 0.2) is 5.13 Å². The van der Waals surface area contributed by atoms with Gasteiger partial charge in [0.1, 0.15) is 12.1 Å². The Labute approximate surface area is 189 Å². The second-order valence-corrected chi connectivity index (χ2v) is 8.53. The predicted molar refractivity (Wildman–Crippen MR) is 108 cm³/mol. The molecule has 1 aliphatic rings. The third-order valence-electron chi connectivity index (χ3n) is 4.77. The standard InChI is InChI=1S/C20H19F3N4O5S/c1-9(2)6-13(15(28)26-18-24-12(8-33-18)17(30)31)27-16(29)14(25-19(27)32)10-4-3-5-11(7-10)20(21,22)23/h3-5,7-9,13-14H,6H2,1-2H3,(H,25,32)(H,30,31)(H,24,26,28)/p-1/t13-,14?/m0/s1. The Balaban J connectivity index is 1.87. The van der Waals surface area contributed by atoms with Crippen LogP contribution >= 0.6 is 11.3 Å². The third kappa shape index (κ3) is 5.30. The van der Waals surface area contributed by atoms with Crippen LogP contribution in [-0.2, 0) is 15.8 Å². The van der Waals surface area contributed by atoms with Gasteiger partial charge in [-0.3, -0.25) is 9.59 Å². The van der Waals surface area contributed by atoms with Gasteiger partial charge in [-0.2, -0.15) is 13.2 Å². The fourth-order valence-electron chi connectivity index (χ4n) is 3.30. The number of carbonyl (C=O) groups is 4. The number of imide groups is 1. The van der Waals surface area contributed by atoms with Gasteiger partial charge in [-0.15, -0.1) is 11.3 Å². The summed E-state index contributed by atoms with van der Waals surface area (Å²) in [7, 11) is 0. The van der Waals surface area contributed by atoms with Gasteiger partial charge in [-0.05, 0) is 30.0 Å². The number of carbonyl (C=O) groups excluding carboxylic acids is 4. The number of rotatable bonds is 7. The maximum atomic E-state index is 13.1. The number of aromatic carboxylic acids is 1. The molecule has 9 nitrogen and oxygen atoms in total. The van der Waals surface area contributed by atoms with E-state index in [1.165, 1.54) is 6.07 Å². The molecule has 2 heterocycles. The first-order chi connectivity index (χ1) is 15.4. The molecule has 176 valence electrons. The topological polar surface area (TPSA) is 132 Å². The number of hydrogen-bond donors (Lipinski definition) is 2. The average molecular weight is 483 g/mol. The van der Waals surface area contributed by atoms with Crippen molar-refractivity contribution in [3.63, 3.8) is 0 Å². The van der Waals surface area contributed by atoms with E-state index in [0.717, 1.165) is 34.9 Å². The summed E-state index contributed by atoms with van der Waals surface area (Å²) in [6.45, 7) is 3.50. The number of urea groups is 1. The van der Waals surface area contributed by atoms with Crippen LogP contribution in [0.4, 0.5) is 23.1 Å². The van der Waals surface area contributed by atoms with Crippen molar-refractivity contribution < 1.29 is 37.5 Å². The van der Waals surface area contributed by atoms with Crippen molar-refractivity contribution in [3.8, 4) is 0 Å². The number of carboxylic acid groups (broad SMARTS) is 1. The Kier molecular flexibility index (Phi) is 6.72. The number of nitrogens with one attached hydrogen (secondary N) is 2. The average Bonchev–Trinajstić information content (AvgIpc) is 3.30. The second-order valence-electron chi connectivity index (χ2n) is 7.67. The van der Waals surface area contributed by atoms with Crippen LogP contribution in [0, 0.1) is 5.92 Å². The lowest BCUT2D eigenvalue weighted by Gasteiger charge is -2.25. The first-order valence-electron chi connectivity index (χ1n) is 9.67. The quantitative estimate of drug-likeness (QED) is 0.581. The highest BCUT2D eigenvalue weighted by molar-refractivity contribution is 7.14. The molecule has 0 aliphatic carbocycles. The summed E-state index contributed by atoms with van der Waals surface area (Å²) in [5.74, 6) is -3.36. The molecule has 1 unspecified atom stereocenters. The fourth-order valence-corrected chi connectivity index (χ4v) is 3.98. The summed E-state index contributed by atoms with van der Waals surface area (Å²) in [5.41, 5.74) is -1.45. The van der Waals surface area contributed by atoms with Gasteiger partial charge in [0.05, 0.1) is 17.2 Å². The maximum absolute atomic E-state index is 13.1. The van der Waals surface area contributed by atoms with Crippen molar-refractivity contribution >= 4 is 40.3 Å². The van der Waals surface area contributed by atoms with Crippen molar-refractivity contribution in [1.82, 2.24) is 15.2 Å². The number of alkyl halides is 3. The normalized spacial score (nSPS) is 17.3. The highest BCUT2D eigenvalue weighted by atomic mass is 32.1. The Morgan fingerprint density at radius 3 is 2.58 bits per heavy atom. The van der Waals surface area contributed by atoms with Crippen molar-refractivity contribution in [2.75, 3.05) is 5.32 Å². The highest BCUT2D eigenvalue weighted by Crippen LogP contribution is 2.33. The number of hydrogen-bond acceptors (Lipinski definition) is 7. The number of amides is 4. The minimum atomic E-state index is -4.64. The van der Waals surface area contributed by atoms with E-state index in [9.17, 15) is 37.5 Å². The van der Waals surface area contributed by atoms with Crippen LogP contribution < -0.4 is 15.7 Å². The van der Waals surface area contributed by atoms with E-state index in [4.69, 9.17) is 0 Å². The monoisotopic (exact) mass is 483 g/mol. The minimum Gasteiger partial charge on any atom is -0.543 e. The molecule has 1 fully saturated rings. The van der Waals surface area contributed by atoms with Gasteiger partial charge in [0, 0.05) is 5.38 Å². The lowest BCUT2D eigenvalue weighted by Crippen LogP contribution is -2.48. The zero-order valence-electron chi connectivity index (χ0n) is 17.3. The Hall–Kier alpha value is -3.48. The number of halogens is 3. The molecular weight excluding hydrogens is 465 g/mol. The molecule has 2 aromatic rings. The van der Waals surface area contributed by atoms with Crippen LogP contribution in [-0.4, -0.2) is 39.7 Å². The lowest BCUT2D eigenvalue weighted by atomic mass is 10.00. The van der Waals surface area contributed by atoms with E-state index in [1.807, 2.05) is 0 Å². The molecule has 13 heteroatoms. The number of benzene rings is 1. The summed E-state index contributed by atoms with van der Waals surface area (Å²) < 4.78 is 39.2. The van der Waals surface area contributed by atoms with Crippen LogP contribution in [0.3, 0.4) is 0 Å². The van der Waals surface area contributed by atoms with E-state index >= 15 is 0 Å². The summed E-state index contributed by atoms with van der Waals surface area (Å²) in [6.07, 6.45) is -4.58. The van der Waals surface area contributed by atoms with Crippen LogP contribution in [0.15, 0.2) is 29.6 Å². The van der Waals surface area contributed by atoms with E-state index in [0.29, 0.717) is 4.90 Å². The Bertz CT molecular complexity index is 1100. The molecule has 0 bridgehead atoms. The van der Waals surface area contributed by atoms with Gasteiger partial charge in [-0.25, -0.2) is 14.7 Å². The molecule has 4 amide bonds. The molecule has 2 atom stereocenters. The fraction of sp³-hybridized carbons (Fsp3) is 0.350. The molecule has 0 spiro atoms. The number of anilines is 1. The van der Waals surface area contributed by atoms with Crippen LogP contribution in [0.2, 0.25) is 0 Å². The van der Waals surface area contributed by atoms with Crippen molar-refractivity contribution in [2.24, 2.45) is 5.92 Å². The van der Waals surface area contributed by atoms with Gasteiger partial charge in [-0.1, -0.05) is 26.0 Å². The minimum absolute atomic E-state index is 0.0546. The Morgan fingerprint density at radius 2 is 2.00 bits per heavy atom. The third-order valence-corrected chi connectivity index (χ3v) is 5.53. The molecule has 0 radical (unpaired) electrons. The summed E-state index contributed by atoms with van der Waals surface area (Å²) in [4.78, 5) is 53.8. The summed E-state index contributed by atoms with van der Waals surface area (Å²) in [5, 5.41) is 16.7. The zero-order valence-corrected chi connectivity index (χ0v) is 18.1. The number of aromatic nitrogens is 1. The molecule has 2 N–H and O–H groups in total. The SMILES string of the molecule is CC(C)C[C@@H](C(=O)Nc1nc(C(=O)[O-])cs1)N1C(=O)NC(c2cccc(C(F)(F)F)c2)C1=O. The zero-order chi connectivity index (χ0) is 24.5. The Morgan fingerprint density at radius 1 is 1.30 bits per heavy atom. The molecule has 3 rings (SSSR count). The van der Waals surface area contributed by atoms with Crippen LogP contribution in [0.25, 0.3) is 0 Å². The van der Waals surface area contributed by atoms with Gasteiger partial charge in [0.25, 0.3) is 5.91 Å². The first-order valence-corrected chi connectivity index (χ1v) is 10.5. The second kappa shape index (κ2) is 9.17. The van der Waals surface area contributed by atoms with Gasteiger partial charge in [0.2, 0.25) is 5.91 Å². The molecule has 1 saturated heterocycles. The van der Waals surface area contributed by atoms with E-state index in [-0.39, 0.29) is 23.0 Å². The molecule has 1 aliphatic heterocycles. The highest BCUT2D eigenvalue weighted by Gasteiger charge is 2.46. The van der Waals surface area contributed by atoms with Crippen LogP contribution in [0.5, 0.6) is 0 Å². The van der Waals surface area contributed by atoms with Gasteiger partial charge < -0.3 is 20.5 Å². The molecule has 33 heavy (non-hydrogen) atoms. The largest absolute Gasteiger partial charge is 0.543 e. The number of carboxylic acids is 1. The summed E-state index contributed by atoms with van der Waals surface area (Å²) in [6, 6.07) is 0.368. The van der Waals surface area contributed by atoms with E-state index < -0.39 is 53.3 Å². The maximum Gasteiger partial charge on any atom is 0.416 e. The van der Waals surface area contributed by atoms with Crippen molar-refractivity contribution in [2.45, 2.75) is 38.5 Å². The molecule has 1 aromatic heterocycles. The van der Waals surface area contributed by atoms with Crippen molar-refractivity contribution in [3.05, 3.63) is 46.5 Å². The first kappa shape index (κ1) is 24.2. The molecule has 0 saturated carbocycles. The number of nitrogens with zero attached hydrogens (tertiary/aromatic N) is 2. The predicted octanol–water partition coefficient (Wildman–Crippen LogP) is 2.17. The van der Waals surface area contributed by atoms with Crippen LogP contribution in [0.1, 0.15) is 47.9 Å². The van der Waals surface area contributed by atoms with Crippen molar-refractivity contribution in [1.29, 1.82) is 0 Å². The van der Waals surface area contributed by atoms with Gasteiger partial charge >= 0.3 is 12.2 Å². The molecular formula is C20H18F3N4O5S-. The molecule has 1 aromatic carbocycles.